The first-order chi connectivity index (χ1) is 10.1. The van der Waals surface area contributed by atoms with Crippen LogP contribution in [-0.4, -0.2) is 41.7 Å². The second-order valence-electron chi connectivity index (χ2n) is 5.58. The lowest BCUT2D eigenvalue weighted by molar-refractivity contribution is 0.00358. The Morgan fingerprint density at radius 1 is 1.52 bits per heavy atom. The Morgan fingerprint density at radius 3 is 3.00 bits per heavy atom. The van der Waals surface area contributed by atoms with Crippen LogP contribution in [0.1, 0.15) is 36.5 Å². The fourth-order valence-corrected chi connectivity index (χ4v) is 2.86. The van der Waals surface area contributed by atoms with E-state index in [2.05, 4.69) is 30.0 Å². The number of amidine groups is 1. The number of nitrogens with two attached hydrogens (primary N) is 1. The van der Waals surface area contributed by atoms with Crippen molar-refractivity contribution in [3.05, 3.63) is 34.9 Å². The molecule has 1 aromatic rings. The number of piperidine rings is 1. The molecule has 1 unspecified atom stereocenters. The van der Waals surface area contributed by atoms with E-state index in [1.54, 1.807) is 0 Å². The largest absolute Gasteiger partial charge is 0.409 e. The van der Waals surface area contributed by atoms with Crippen LogP contribution in [0.15, 0.2) is 23.4 Å². The SMILES string of the molecule is CCOC1CCCN(Cc2ccc(/C(N)=N/O)cc2C)C1. The molecular formula is C16H25N3O2. The zero-order valence-corrected chi connectivity index (χ0v) is 12.9. The van der Waals surface area contributed by atoms with E-state index in [-0.39, 0.29) is 5.84 Å². The van der Waals surface area contributed by atoms with E-state index in [0.717, 1.165) is 43.8 Å². The molecule has 0 aliphatic carbocycles. The summed E-state index contributed by atoms with van der Waals surface area (Å²) in [6.45, 7) is 7.93. The summed E-state index contributed by atoms with van der Waals surface area (Å²) < 4.78 is 5.74. The number of rotatable bonds is 5. The minimum Gasteiger partial charge on any atom is -0.409 e. The van der Waals surface area contributed by atoms with Gasteiger partial charge in [0.1, 0.15) is 0 Å². The summed E-state index contributed by atoms with van der Waals surface area (Å²) in [5.74, 6) is 0.152. The molecule has 0 radical (unpaired) electrons. The highest BCUT2D eigenvalue weighted by molar-refractivity contribution is 5.97. The Labute approximate surface area is 126 Å². The lowest BCUT2D eigenvalue weighted by Crippen LogP contribution is -2.39. The van der Waals surface area contributed by atoms with Gasteiger partial charge in [-0.3, -0.25) is 4.90 Å². The van der Waals surface area contributed by atoms with Crippen molar-refractivity contribution in [1.82, 2.24) is 4.90 Å². The number of nitrogens with zero attached hydrogens (tertiary/aromatic N) is 2. The Kier molecular flexibility index (Phi) is 5.59. The van der Waals surface area contributed by atoms with Crippen LogP contribution in [0.3, 0.4) is 0 Å². The van der Waals surface area contributed by atoms with Crippen LogP contribution in [0.2, 0.25) is 0 Å². The highest BCUT2D eigenvalue weighted by Crippen LogP contribution is 2.18. The van der Waals surface area contributed by atoms with Crippen LogP contribution < -0.4 is 5.73 Å². The predicted molar refractivity (Wildman–Crippen MR) is 83.6 cm³/mol. The van der Waals surface area contributed by atoms with Crippen LogP contribution in [0.4, 0.5) is 0 Å². The third-order valence-corrected chi connectivity index (χ3v) is 4.00. The van der Waals surface area contributed by atoms with Crippen LogP contribution in [-0.2, 0) is 11.3 Å². The molecule has 3 N–H and O–H groups in total. The number of hydrogen-bond acceptors (Lipinski definition) is 4. The molecule has 2 rings (SSSR count). The normalized spacial score (nSPS) is 20.7. The predicted octanol–water partition coefficient (Wildman–Crippen LogP) is 2.09. The van der Waals surface area contributed by atoms with Crippen molar-refractivity contribution in [3.8, 4) is 0 Å². The molecule has 1 aliphatic heterocycles. The first-order valence-electron chi connectivity index (χ1n) is 7.55. The van der Waals surface area contributed by atoms with Gasteiger partial charge in [0.15, 0.2) is 5.84 Å². The van der Waals surface area contributed by atoms with Crippen LogP contribution in [0.25, 0.3) is 0 Å². The topological polar surface area (TPSA) is 71.1 Å². The Morgan fingerprint density at radius 2 is 2.33 bits per heavy atom. The van der Waals surface area contributed by atoms with E-state index in [1.165, 1.54) is 12.0 Å². The van der Waals surface area contributed by atoms with E-state index in [1.807, 2.05) is 12.1 Å². The molecule has 1 atom stereocenters. The van der Waals surface area contributed by atoms with Crippen LogP contribution in [0.5, 0.6) is 0 Å². The maximum Gasteiger partial charge on any atom is 0.170 e. The molecule has 116 valence electrons. The fraction of sp³-hybridized carbons (Fsp3) is 0.562. The second-order valence-corrected chi connectivity index (χ2v) is 5.58. The summed E-state index contributed by atoms with van der Waals surface area (Å²) in [7, 11) is 0. The van der Waals surface area contributed by atoms with E-state index >= 15 is 0 Å². The maximum atomic E-state index is 8.73. The summed E-state index contributed by atoms with van der Waals surface area (Å²) in [4.78, 5) is 2.44. The molecule has 1 heterocycles. The van der Waals surface area contributed by atoms with Gasteiger partial charge in [0.05, 0.1) is 6.10 Å². The average Bonchev–Trinajstić information content (AvgIpc) is 2.49. The van der Waals surface area contributed by atoms with Gasteiger partial charge in [0.2, 0.25) is 0 Å². The van der Waals surface area contributed by atoms with Gasteiger partial charge < -0.3 is 15.7 Å². The molecular weight excluding hydrogens is 266 g/mol. The molecule has 21 heavy (non-hydrogen) atoms. The highest BCUT2D eigenvalue weighted by atomic mass is 16.5. The Balaban J connectivity index is 2.02. The maximum absolute atomic E-state index is 8.73. The molecule has 0 spiro atoms. The molecule has 1 aromatic carbocycles. The van der Waals surface area contributed by atoms with Crippen molar-refractivity contribution in [3.63, 3.8) is 0 Å². The molecule has 0 amide bonds. The van der Waals surface area contributed by atoms with Crippen LogP contribution in [0, 0.1) is 6.92 Å². The average molecular weight is 291 g/mol. The molecule has 0 aromatic heterocycles. The van der Waals surface area contributed by atoms with Crippen molar-refractivity contribution in [2.75, 3.05) is 19.7 Å². The molecule has 5 heteroatoms. The van der Waals surface area contributed by atoms with E-state index in [4.69, 9.17) is 15.7 Å². The molecule has 0 saturated carbocycles. The quantitative estimate of drug-likeness (QED) is 0.377. The first-order valence-corrected chi connectivity index (χ1v) is 7.55. The van der Waals surface area contributed by atoms with Gasteiger partial charge in [0, 0.05) is 25.3 Å². The van der Waals surface area contributed by atoms with Gasteiger partial charge in [-0.1, -0.05) is 17.3 Å². The summed E-state index contributed by atoms with van der Waals surface area (Å²) >= 11 is 0. The summed E-state index contributed by atoms with van der Waals surface area (Å²) in [5.41, 5.74) is 8.82. The molecule has 1 aliphatic rings. The van der Waals surface area contributed by atoms with Crippen molar-refractivity contribution in [2.45, 2.75) is 39.3 Å². The van der Waals surface area contributed by atoms with Gasteiger partial charge in [-0.25, -0.2) is 0 Å². The second kappa shape index (κ2) is 7.43. The summed E-state index contributed by atoms with van der Waals surface area (Å²) in [6, 6.07) is 5.93. The van der Waals surface area contributed by atoms with Gasteiger partial charge in [-0.2, -0.15) is 0 Å². The van der Waals surface area contributed by atoms with Crippen molar-refractivity contribution < 1.29 is 9.94 Å². The smallest absolute Gasteiger partial charge is 0.170 e. The van der Waals surface area contributed by atoms with Crippen molar-refractivity contribution >= 4 is 5.84 Å². The number of aryl methyl sites for hydroxylation is 1. The van der Waals surface area contributed by atoms with Gasteiger partial charge in [0.25, 0.3) is 0 Å². The minimum absolute atomic E-state index is 0.152. The third-order valence-electron chi connectivity index (χ3n) is 4.00. The lowest BCUT2D eigenvalue weighted by atomic mass is 10.0. The number of oxime groups is 1. The molecule has 1 fully saturated rings. The highest BCUT2D eigenvalue weighted by Gasteiger charge is 2.20. The monoisotopic (exact) mass is 291 g/mol. The van der Waals surface area contributed by atoms with Crippen molar-refractivity contribution in [2.24, 2.45) is 10.9 Å². The number of benzene rings is 1. The summed E-state index contributed by atoms with van der Waals surface area (Å²) in [6.07, 6.45) is 2.71. The minimum atomic E-state index is 0.152. The number of ether oxygens (including phenoxy) is 1. The number of likely N-dealkylation sites (tertiary alicyclic amines) is 1. The molecule has 0 bridgehead atoms. The number of hydrogen-bond donors (Lipinski definition) is 2. The van der Waals surface area contributed by atoms with E-state index < -0.39 is 0 Å². The van der Waals surface area contributed by atoms with E-state index in [9.17, 15) is 0 Å². The zero-order valence-electron chi connectivity index (χ0n) is 12.9. The van der Waals surface area contributed by atoms with Gasteiger partial charge >= 0.3 is 0 Å². The standard InChI is InChI=1S/C16H25N3O2/c1-3-21-15-5-4-8-19(11-15)10-14-7-6-13(9-12(14)2)16(17)18-20/h6-7,9,15,20H,3-5,8,10-11H2,1-2H3,(H2,17,18). The fourth-order valence-electron chi connectivity index (χ4n) is 2.86. The van der Waals surface area contributed by atoms with Gasteiger partial charge in [-0.05, 0) is 50.4 Å². The van der Waals surface area contributed by atoms with E-state index in [0.29, 0.717) is 6.10 Å². The third kappa shape index (κ3) is 4.19. The lowest BCUT2D eigenvalue weighted by Gasteiger charge is -2.32. The van der Waals surface area contributed by atoms with Crippen molar-refractivity contribution in [1.29, 1.82) is 0 Å². The summed E-state index contributed by atoms with van der Waals surface area (Å²) in [5, 5.41) is 11.8. The molecule has 1 saturated heterocycles. The van der Waals surface area contributed by atoms with Gasteiger partial charge in [-0.15, -0.1) is 0 Å². The van der Waals surface area contributed by atoms with Crippen LogP contribution >= 0.6 is 0 Å². The Hall–Kier alpha value is -1.59. The zero-order chi connectivity index (χ0) is 15.2. The first kappa shape index (κ1) is 15.8. The molecule has 5 nitrogen and oxygen atoms in total. The Bertz CT molecular complexity index is 500.